The number of carbonyl (C=O) groups excluding carboxylic acids is 2. The smallest absolute Gasteiger partial charge is 0.349 e. The maximum atomic E-state index is 13.6. The van der Waals surface area contributed by atoms with Gasteiger partial charge in [0.2, 0.25) is 5.91 Å². The molecule has 1 aliphatic heterocycles. The Bertz CT molecular complexity index is 1140. The topological polar surface area (TPSA) is 46.2 Å². The number of ketones is 1. The molecule has 0 aromatic heterocycles. The Morgan fingerprint density at radius 2 is 1.70 bits per heavy atom. The van der Waals surface area contributed by atoms with Gasteiger partial charge in [0.1, 0.15) is 5.78 Å². The lowest BCUT2D eigenvalue weighted by molar-refractivity contribution is -0.142. The van der Waals surface area contributed by atoms with Crippen molar-refractivity contribution in [2.75, 3.05) is 0 Å². The largest absolute Gasteiger partial charge is 0.416 e. The van der Waals surface area contributed by atoms with Crippen molar-refractivity contribution in [3.05, 3.63) is 47.0 Å². The lowest BCUT2D eigenvalue weighted by Crippen LogP contribution is -2.59. The first-order valence-electron chi connectivity index (χ1n) is 12.9. The molecule has 3 nitrogen and oxygen atoms in total. The molecule has 7 atom stereocenters. The van der Waals surface area contributed by atoms with E-state index in [-0.39, 0.29) is 23.3 Å². The fourth-order valence-corrected chi connectivity index (χ4v) is 8.37. The number of hydrogen-bond acceptors (Lipinski definition) is 2. The Hall–Kier alpha value is -2.32. The average molecular weight is 528 g/mol. The summed E-state index contributed by atoms with van der Waals surface area (Å²) in [6.45, 7) is 4.23. The second-order valence-corrected chi connectivity index (χ2v) is 11.9. The summed E-state index contributed by atoms with van der Waals surface area (Å²) in [5, 5.41) is 3.10. The van der Waals surface area contributed by atoms with E-state index in [2.05, 4.69) is 12.2 Å². The van der Waals surface area contributed by atoms with E-state index in [9.17, 15) is 35.9 Å². The molecule has 5 rings (SSSR count). The van der Waals surface area contributed by atoms with Crippen LogP contribution in [0.15, 0.2) is 30.4 Å². The molecular weight excluding hydrogens is 496 g/mol. The number of benzene rings is 1. The van der Waals surface area contributed by atoms with Crippen LogP contribution in [0.1, 0.15) is 69.1 Å². The zero-order valence-electron chi connectivity index (χ0n) is 20.8. The molecule has 37 heavy (non-hydrogen) atoms. The second-order valence-electron chi connectivity index (χ2n) is 11.9. The standard InChI is InChI=1S/C28H31F6NO2/c1-25-11-9-20-17(4-8-23-26(20,2)12-10-24(37)35-23)19(25)6-7-21(25)22(36)14-15-13-16(27(29,30)31)3-5-18(15)28(32,33)34/h3,5,10,12-13,17,19-21,23H,4,6-9,11,14H2,1-2H3,(H,35,37)/t17?,19?,20?,21-,23?,25+,26-/m1/s1. The molecule has 0 radical (unpaired) electrons. The van der Waals surface area contributed by atoms with E-state index in [0.29, 0.717) is 36.5 Å². The van der Waals surface area contributed by atoms with Gasteiger partial charge in [-0.3, -0.25) is 9.59 Å². The minimum Gasteiger partial charge on any atom is -0.349 e. The van der Waals surface area contributed by atoms with Crippen LogP contribution in [0.3, 0.4) is 0 Å². The highest BCUT2D eigenvalue weighted by Gasteiger charge is 2.60. The van der Waals surface area contributed by atoms with Gasteiger partial charge in [-0.15, -0.1) is 0 Å². The zero-order valence-corrected chi connectivity index (χ0v) is 20.8. The fraction of sp³-hybridized carbons (Fsp3) is 0.643. The van der Waals surface area contributed by atoms with Gasteiger partial charge in [-0.25, -0.2) is 0 Å². The number of fused-ring (bicyclic) bond motifs is 5. The third-order valence-electron chi connectivity index (χ3n) is 10.2. The summed E-state index contributed by atoms with van der Waals surface area (Å²) < 4.78 is 80.6. The summed E-state index contributed by atoms with van der Waals surface area (Å²) in [6, 6.07) is 1.41. The lowest BCUT2D eigenvalue weighted by atomic mass is 9.47. The summed E-state index contributed by atoms with van der Waals surface area (Å²) >= 11 is 0. The molecule has 1 heterocycles. The number of halogens is 6. The van der Waals surface area contributed by atoms with Gasteiger partial charge in [0.15, 0.2) is 0 Å². The van der Waals surface area contributed by atoms with Gasteiger partial charge in [-0.2, -0.15) is 26.3 Å². The molecule has 1 aromatic rings. The van der Waals surface area contributed by atoms with Crippen LogP contribution in [0.5, 0.6) is 0 Å². The molecule has 3 saturated carbocycles. The number of carbonyl (C=O) groups is 2. The number of Topliss-reactive ketones (excluding diaryl/α,β-unsaturated/α-hetero) is 1. The molecular formula is C28H31F6NO2. The van der Waals surface area contributed by atoms with Crippen LogP contribution in [-0.4, -0.2) is 17.7 Å². The minimum atomic E-state index is -4.85. The van der Waals surface area contributed by atoms with Crippen LogP contribution in [0.25, 0.3) is 0 Å². The molecule has 0 bridgehead atoms. The van der Waals surface area contributed by atoms with Gasteiger partial charge < -0.3 is 5.32 Å². The quantitative estimate of drug-likeness (QED) is 0.442. The van der Waals surface area contributed by atoms with Crippen LogP contribution >= 0.6 is 0 Å². The highest BCUT2D eigenvalue weighted by Crippen LogP contribution is 2.65. The zero-order chi connectivity index (χ0) is 27.0. The summed E-state index contributed by atoms with van der Waals surface area (Å²) in [5.41, 5.74) is -3.56. The van der Waals surface area contributed by atoms with Crippen molar-refractivity contribution >= 4 is 11.7 Å². The number of amides is 1. The van der Waals surface area contributed by atoms with Crippen LogP contribution in [0.4, 0.5) is 26.3 Å². The Labute approximate surface area is 212 Å². The van der Waals surface area contributed by atoms with Crippen molar-refractivity contribution in [3.8, 4) is 0 Å². The molecule has 3 aliphatic carbocycles. The van der Waals surface area contributed by atoms with Gasteiger partial charge in [-0.05, 0) is 91.5 Å². The highest BCUT2D eigenvalue weighted by atomic mass is 19.4. The summed E-state index contributed by atoms with van der Waals surface area (Å²) in [4.78, 5) is 25.4. The molecule has 1 aromatic carbocycles. The van der Waals surface area contributed by atoms with E-state index in [0.717, 1.165) is 32.1 Å². The summed E-state index contributed by atoms with van der Waals surface area (Å²) in [6.07, 6.45) is -2.06. The van der Waals surface area contributed by atoms with Gasteiger partial charge in [-0.1, -0.05) is 19.9 Å². The van der Waals surface area contributed by atoms with Crippen molar-refractivity contribution in [1.29, 1.82) is 0 Å². The van der Waals surface area contributed by atoms with Crippen LogP contribution < -0.4 is 5.32 Å². The summed E-state index contributed by atoms with van der Waals surface area (Å²) in [5.74, 6) is -0.0974. The molecule has 3 fully saturated rings. The van der Waals surface area contributed by atoms with Crippen molar-refractivity contribution in [1.82, 2.24) is 5.32 Å². The SMILES string of the molecule is C[C@]12C=CC(=O)NC1CCC1C2CC[C@@]2(C)C1CC[C@@H]2C(=O)Cc1cc(C(F)(F)F)ccc1C(F)(F)F. The van der Waals surface area contributed by atoms with E-state index < -0.39 is 52.6 Å². The van der Waals surface area contributed by atoms with Crippen molar-refractivity contribution in [3.63, 3.8) is 0 Å². The summed E-state index contributed by atoms with van der Waals surface area (Å²) in [7, 11) is 0. The van der Waals surface area contributed by atoms with Crippen LogP contribution in [0, 0.1) is 34.5 Å². The third kappa shape index (κ3) is 4.30. The molecule has 1 N–H and O–H groups in total. The third-order valence-corrected chi connectivity index (χ3v) is 10.2. The van der Waals surface area contributed by atoms with Crippen molar-refractivity contribution in [2.24, 2.45) is 34.5 Å². The van der Waals surface area contributed by atoms with Crippen LogP contribution in [0.2, 0.25) is 0 Å². The molecule has 9 heteroatoms. The van der Waals surface area contributed by atoms with E-state index in [4.69, 9.17) is 0 Å². The second kappa shape index (κ2) is 8.60. The van der Waals surface area contributed by atoms with Gasteiger partial charge in [0.25, 0.3) is 0 Å². The minimum absolute atomic E-state index is 0.0659. The molecule has 4 unspecified atom stereocenters. The maximum absolute atomic E-state index is 13.6. The number of hydrogen-bond donors (Lipinski definition) is 1. The molecule has 1 amide bonds. The first-order chi connectivity index (χ1) is 17.1. The Kier molecular flexibility index (Phi) is 6.11. The first kappa shape index (κ1) is 26.3. The normalized spacial score (nSPS) is 37.4. The van der Waals surface area contributed by atoms with Gasteiger partial charge in [0, 0.05) is 23.8 Å². The number of alkyl halides is 6. The molecule has 0 saturated heterocycles. The van der Waals surface area contributed by atoms with E-state index in [1.807, 2.05) is 13.0 Å². The van der Waals surface area contributed by atoms with E-state index in [1.165, 1.54) is 0 Å². The average Bonchev–Trinajstić information content (AvgIpc) is 3.15. The number of rotatable bonds is 3. The fourth-order valence-electron chi connectivity index (χ4n) is 8.37. The van der Waals surface area contributed by atoms with Crippen LogP contribution in [-0.2, 0) is 28.4 Å². The lowest BCUT2D eigenvalue weighted by Gasteiger charge is -2.58. The molecule has 202 valence electrons. The predicted molar refractivity (Wildman–Crippen MR) is 124 cm³/mol. The van der Waals surface area contributed by atoms with Gasteiger partial charge in [0.05, 0.1) is 11.1 Å². The predicted octanol–water partition coefficient (Wildman–Crippen LogP) is 6.75. The first-order valence-corrected chi connectivity index (χ1v) is 12.9. The maximum Gasteiger partial charge on any atom is 0.416 e. The van der Waals surface area contributed by atoms with Crippen molar-refractivity contribution in [2.45, 2.75) is 77.2 Å². The van der Waals surface area contributed by atoms with Gasteiger partial charge >= 0.3 is 12.4 Å². The highest BCUT2D eigenvalue weighted by molar-refractivity contribution is 5.89. The Morgan fingerprint density at radius 3 is 2.38 bits per heavy atom. The monoisotopic (exact) mass is 527 g/mol. The molecule has 0 spiro atoms. The molecule has 4 aliphatic rings. The van der Waals surface area contributed by atoms with E-state index in [1.54, 1.807) is 6.08 Å². The number of nitrogens with one attached hydrogen (secondary N) is 1. The van der Waals surface area contributed by atoms with E-state index >= 15 is 0 Å². The van der Waals surface area contributed by atoms with Crippen molar-refractivity contribution < 1.29 is 35.9 Å². The Morgan fingerprint density at radius 1 is 0.973 bits per heavy atom. The Balaban J connectivity index is 1.40.